The first-order chi connectivity index (χ1) is 8.16. The summed E-state index contributed by atoms with van der Waals surface area (Å²) in [6.07, 6.45) is 2.63. The third kappa shape index (κ3) is 3.91. The summed E-state index contributed by atoms with van der Waals surface area (Å²) in [6, 6.07) is 6.06. The second-order valence-corrected chi connectivity index (χ2v) is 6.55. The smallest absolute Gasteiger partial charge is 0.0803 e. The average Bonchev–Trinajstić information content (AvgIpc) is 2.33. The quantitative estimate of drug-likeness (QED) is 0.765. The van der Waals surface area contributed by atoms with Gasteiger partial charge >= 0.3 is 0 Å². The lowest BCUT2D eigenvalue weighted by molar-refractivity contribution is 0.0433. The number of ether oxygens (including phenoxy) is 1. The summed E-state index contributed by atoms with van der Waals surface area (Å²) in [5.74, 6) is 0.591. The molecule has 1 fully saturated rings. The Balaban J connectivity index is 2.02. The van der Waals surface area contributed by atoms with Gasteiger partial charge in [0.15, 0.2) is 0 Å². The minimum atomic E-state index is -0.359. The molecule has 1 aliphatic rings. The summed E-state index contributed by atoms with van der Waals surface area (Å²) in [5.41, 5.74) is 1.03. The Hall–Kier alpha value is 0.350. The van der Waals surface area contributed by atoms with Crippen molar-refractivity contribution in [3.63, 3.8) is 0 Å². The minimum absolute atomic E-state index is 0.359. The van der Waals surface area contributed by atoms with Crippen LogP contribution in [0.5, 0.6) is 0 Å². The van der Waals surface area contributed by atoms with Gasteiger partial charge in [-0.05, 0) is 71.5 Å². The van der Waals surface area contributed by atoms with Crippen molar-refractivity contribution in [3.8, 4) is 0 Å². The molecule has 1 N–H and O–H groups in total. The Morgan fingerprint density at radius 3 is 2.82 bits per heavy atom. The highest BCUT2D eigenvalue weighted by atomic mass is 127. The van der Waals surface area contributed by atoms with Crippen LogP contribution in [-0.4, -0.2) is 18.3 Å². The van der Waals surface area contributed by atoms with Crippen LogP contribution in [0, 0.1) is 9.49 Å². The lowest BCUT2D eigenvalue weighted by Gasteiger charge is -2.24. The molecule has 1 aromatic carbocycles. The van der Waals surface area contributed by atoms with Crippen molar-refractivity contribution in [2.75, 3.05) is 13.2 Å². The molecule has 2 nitrogen and oxygen atoms in total. The van der Waals surface area contributed by atoms with Gasteiger partial charge in [0.25, 0.3) is 0 Å². The van der Waals surface area contributed by atoms with Gasteiger partial charge in [-0.1, -0.05) is 15.9 Å². The maximum Gasteiger partial charge on any atom is 0.0803 e. The van der Waals surface area contributed by atoms with Gasteiger partial charge in [-0.15, -0.1) is 0 Å². The van der Waals surface area contributed by atoms with E-state index < -0.39 is 0 Å². The summed E-state index contributed by atoms with van der Waals surface area (Å²) in [7, 11) is 0. The first kappa shape index (κ1) is 13.8. The number of aliphatic hydroxyl groups is 1. The molecular weight excluding hydrogens is 395 g/mol. The number of hydrogen-bond donors (Lipinski definition) is 1. The van der Waals surface area contributed by atoms with E-state index in [0.717, 1.165) is 46.1 Å². The van der Waals surface area contributed by atoms with Gasteiger partial charge in [-0.2, -0.15) is 0 Å². The van der Waals surface area contributed by atoms with Crippen LogP contribution in [0.1, 0.15) is 30.9 Å². The summed E-state index contributed by atoms with van der Waals surface area (Å²) in [4.78, 5) is 0. The van der Waals surface area contributed by atoms with E-state index in [1.165, 1.54) is 0 Å². The van der Waals surface area contributed by atoms with Crippen LogP contribution in [0.15, 0.2) is 22.7 Å². The Kier molecular flexibility index (Phi) is 5.26. The largest absolute Gasteiger partial charge is 0.388 e. The van der Waals surface area contributed by atoms with E-state index in [1.807, 2.05) is 18.2 Å². The van der Waals surface area contributed by atoms with Gasteiger partial charge in [-0.3, -0.25) is 0 Å². The van der Waals surface area contributed by atoms with Crippen LogP contribution in [0.4, 0.5) is 0 Å². The molecule has 1 atom stereocenters. The molecule has 1 unspecified atom stereocenters. The van der Waals surface area contributed by atoms with E-state index in [0.29, 0.717) is 5.92 Å². The highest BCUT2D eigenvalue weighted by Gasteiger charge is 2.20. The molecule has 1 saturated heterocycles. The Labute approximate surface area is 124 Å². The molecule has 0 saturated carbocycles. The van der Waals surface area contributed by atoms with Gasteiger partial charge in [0.1, 0.15) is 0 Å². The van der Waals surface area contributed by atoms with E-state index >= 15 is 0 Å². The second-order valence-electron chi connectivity index (χ2n) is 4.47. The zero-order chi connectivity index (χ0) is 12.3. The fraction of sp³-hybridized carbons (Fsp3) is 0.538. The standard InChI is InChI=1S/C13H16BrIO2/c14-10-1-2-12(15)11(8-10)13(16)7-9-3-5-17-6-4-9/h1-2,8-9,13,16H,3-7H2. The molecule has 0 amide bonds. The molecular formula is C13H16BrIO2. The molecule has 2 rings (SSSR count). The third-order valence-electron chi connectivity index (χ3n) is 3.21. The van der Waals surface area contributed by atoms with Gasteiger partial charge in [0.05, 0.1) is 6.10 Å². The van der Waals surface area contributed by atoms with E-state index in [2.05, 4.69) is 38.5 Å². The van der Waals surface area contributed by atoms with Gasteiger partial charge in [-0.25, -0.2) is 0 Å². The van der Waals surface area contributed by atoms with Crippen molar-refractivity contribution in [2.24, 2.45) is 5.92 Å². The van der Waals surface area contributed by atoms with Crippen molar-refractivity contribution in [1.82, 2.24) is 0 Å². The normalized spacial score (nSPS) is 19.2. The molecule has 1 aromatic rings. The molecule has 0 spiro atoms. The number of benzene rings is 1. The van der Waals surface area contributed by atoms with Crippen molar-refractivity contribution in [1.29, 1.82) is 0 Å². The van der Waals surface area contributed by atoms with Crippen molar-refractivity contribution in [2.45, 2.75) is 25.4 Å². The van der Waals surface area contributed by atoms with E-state index in [9.17, 15) is 5.11 Å². The lowest BCUT2D eigenvalue weighted by atomic mass is 9.91. The van der Waals surface area contributed by atoms with Crippen LogP contribution in [-0.2, 0) is 4.74 Å². The third-order valence-corrected chi connectivity index (χ3v) is 4.69. The molecule has 4 heteroatoms. The number of rotatable bonds is 3. The summed E-state index contributed by atoms with van der Waals surface area (Å²) < 4.78 is 7.50. The zero-order valence-corrected chi connectivity index (χ0v) is 13.3. The van der Waals surface area contributed by atoms with Crippen LogP contribution < -0.4 is 0 Å². The summed E-state index contributed by atoms with van der Waals surface area (Å²) in [5, 5.41) is 10.3. The minimum Gasteiger partial charge on any atom is -0.388 e. The van der Waals surface area contributed by atoms with Gasteiger partial charge < -0.3 is 9.84 Å². The van der Waals surface area contributed by atoms with Gasteiger partial charge in [0, 0.05) is 21.3 Å². The van der Waals surface area contributed by atoms with Crippen molar-refractivity contribution < 1.29 is 9.84 Å². The predicted octanol–water partition coefficient (Wildman–Crippen LogP) is 3.90. The van der Waals surface area contributed by atoms with E-state index in [1.54, 1.807) is 0 Å². The monoisotopic (exact) mass is 410 g/mol. The van der Waals surface area contributed by atoms with Gasteiger partial charge in [0.2, 0.25) is 0 Å². The molecule has 1 heterocycles. The van der Waals surface area contributed by atoms with E-state index in [-0.39, 0.29) is 6.10 Å². The molecule has 94 valence electrons. The fourth-order valence-corrected chi connectivity index (χ4v) is 3.27. The number of aliphatic hydroxyl groups excluding tert-OH is 1. The Bertz CT molecular complexity index is 378. The Morgan fingerprint density at radius 1 is 1.41 bits per heavy atom. The number of halogens is 2. The zero-order valence-electron chi connectivity index (χ0n) is 9.53. The molecule has 0 radical (unpaired) electrons. The SMILES string of the molecule is OC(CC1CCOCC1)c1cc(Br)ccc1I. The predicted molar refractivity (Wildman–Crippen MR) is 80.0 cm³/mol. The maximum absolute atomic E-state index is 10.3. The average molecular weight is 411 g/mol. The highest BCUT2D eigenvalue weighted by molar-refractivity contribution is 14.1. The molecule has 0 bridgehead atoms. The topological polar surface area (TPSA) is 29.5 Å². The summed E-state index contributed by atoms with van der Waals surface area (Å²) in [6.45, 7) is 1.68. The van der Waals surface area contributed by atoms with Crippen LogP contribution in [0.2, 0.25) is 0 Å². The van der Waals surface area contributed by atoms with E-state index in [4.69, 9.17) is 4.74 Å². The Morgan fingerprint density at radius 2 is 2.12 bits per heavy atom. The highest BCUT2D eigenvalue weighted by Crippen LogP contribution is 2.31. The maximum atomic E-state index is 10.3. The first-order valence-electron chi connectivity index (χ1n) is 5.87. The first-order valence-corrected chi connectivity index (χ1v) is 7.74. The fourth-order valence-electron chi connectivity index (χ4n) is 2.19. The van der Waals surface area contributed by atoms with Crippen LogP contribution in [0.25, 0.3) is 0 Å². The van der Waals surface area contributed by atoms with Crippen molar-refractivity contribution in [3.05, 3.63) is 31.8 Å². The number of hydrogen-bond acceptors (Lipinski definition) is 2. The molecule has 0 aromatic heterocycles. The summed E-state index contributed by atoms with van der Waals surface area (Å²) >= 11 is 5.74. The molecule has 17 heavy (non-hydrogen) atoms. The molecule has 1 aliphatic heterocycles. The second kappa shape index (κ2) is 6.50. The molecule has 0 aliphatic carbocycles. The lowest BCUT2D eigenvalue weighted by Crippen LogP contribution is -2.18. The van der Waals surface area contributed by atoms with Crippen LogP contribution in [0.3, 0.4) is 0 Å². The van der Waals surface area contributed by atoms with Crippen LogP contribution >= 0.6 is 38.5 Å². The van der Waals surface area contributed by atoms with Crippen molar-refractivity contribution >= 4 is 38.5 Å².